The second-order valence-electron chi connectivity index (χ2n) is 5.63. The molecule has 0 aliphatic carbocycles. The van der Waals surface area contributed by atoms with Gasteiger partial charge in [0.1, 0.15) is 5.82 Å². The van der Waals surface area contributed by atoms with Crippen molar-refractivity contribution >= 4 is 15.9 Å². The van der Waals surface area contributed by atoms with Crippen LogP contribution >= 0.6 is 15.9 Å². The predicted octanol–water partition coefficient (Wildman–Crippen LogP) is 3.94. The highest BCUT2D eigenvalue weighted by atomic mass is 79.9. The van der Waals surface area contributed by atoms with Crippen molar-refractivity contribution in [2.45, 2.75) is 51.7 Å². The van der Waals surface area contributed by atoms with Crippen LogP contribution in [0.5, 0.6) is 0 Å². The molecule has 2 atom stereocenters. The molecule has 1 heterocycles. The van der Waals surface area contributed by atoms with E-state index in [1.165, 1.54) is 18.4 Å². The van der Waals surface area contributed by atoms with Gasteiger partial charge in [-0.2, -0.15) is 0 Å². The van der Waals surface area contributed by atoms with E-state index in [-0.39, 0.29) is 5.82 Å². The zero-order chi connectivity index (χ0) is 14.5. The van der Waals surface area contributed by atoms with Gasteiger partial charge in [0.15, 0.2) is 0 Å². The standard InChI is InChI=1S/C16H24BrFN2/c1-3-5-14-9-19-13(4-2)11-20(14)10-12-6-7-16(18)15(17)8-12/h6-8,13-14,19H,3-5,9-11H2,1-2H3. The van der Waals surface area contributed by atoms with Crippen molar-refractivity contribution in [2.75, 3.05) is 13.1 Å². The van der Waals surface area contributed by atoms with Crippen LogP contribution in [0.25, 0.3) is 0 Å². The minimum Gasteiger partial charge on any atom is -0.311 e. The van der Waals surface area contributed by atoms with Crippen molar-refractivity contribution in [1.82, 2.24) is 10.2 Å². The van der Waals surface area contributed by atoms with Gasteiger partial charge in [0.2, 0.25) is 0 Å². The topological polar surface area (TPSA) is 15.3 Å². The van der Waals surface area contributed by atoms with Crippen LogP contribution in [0, 0.1) is 5.82 Å². The number of hydrogen-bond donors (Lipinski definition) is 1. The van der Waals surface area contributed by atoms with E-state index in [1.54, 1.807) is 6.07 Å². The van der Waals surface area contributed by atoms with E-state index < -0.39 is 0 Å². The van der Waals surface area contributed by atoms with Gasteiger partial charge in [-0.15, -0.1) is 0 Å². The molecule has 1 fully saturated rings. The van der Waals surface area contributed by atoms with Crippen molar-refractivity contribution in [1.29, 1.82) is 0 Å². The summed E-state index contributed by atoms with van der Waals surface area (Å²) in [6.45, 7) is 7.51. The molecule has 20 heavy (non-hydrogen) atoms. The van der Waals surface area contributed by atoms with Gasteiger partial charge >= 0.3 is 0 Å². The van der Waals surface area contributed by atoms with Crippen molar-refractivity contribution in [3.63, 3.8) is 0 Å². The van der Waals surface area contributed by atoms with E-state index in [9.17, 15) is 4.39 Å². The molecule has 2 nitrogen and oxygen atoms in total. The Morgan fingerprint density at radius 1 is 1.40 bits per heavy atom. The van der Waals surface area contributed by atoms with Crippen molar-refractivity contribution in [3.05, 3.63) is 34.1 Å². The molecule has 1 aromatic carbocycles. The fraction of sp³-hybridized carbons (Fsp3) is 0.625. The lowest BCUT2D eigenvalue weighted by molar-refractivity contribution is 0.113. The van der Waals surface area contributed by atoms with Gasteiger partial charge in [0.05, 0.1) is 4.47 Å². The third-order valence-electron chi connectivity index (χ3n) is 4.10. The highest BCUT2D eigenvalue weighted by molar-refractivity contribution is 9.10. The SMILES string of the molecule is CCCC1CNC(CC)CN1Cc1ccc(F)c(Br)c1. The summed E-state index contributed by atoms with van der Waals surface area (Å²) in [5, 5.41) is 3.63. The highest BCUT2D eigenvalue weighted by Gasteiger charge is 2.26. The number of hydrogen-bond acceptors (Lipinski definition) is 2. The molecule has 112 valence electrons. The van der Waals surface area contributed by atoms with Gasteiger partial charge in [-0.05, 0) is 46.5 Å². The first-order valence-electron chi connectivity index (χ1n) is 7.55. The first kappa shape index (κ1) is 15.9. The van der Waals surface area contributed by atoms with E-state index in [0.29, 0.717) is 16.6 Å². The lowest BCUT2D eigenvalue weighted by atomic mass is 10.0. The zero-order valence-corrected chi connectivity index (χ0v) is 13.9. The van der Waals surface area contributed by atoms with Gasteiger partial charge < -0.3 is 5.32 Å². The van der Waals surface area contributed by atoms with Gasteiger partial charge in [0.25, 0.3) is 0 Å². The quantitative estimate of drug-likeness (QED) is 0.871. The van der Waals surface area contributed by atoms with E-state index in [0.717, 1.165) is 26.1 Å². The van der Waals surface area contributed by atoms with Crippen LogP contribution in [-0.2, 0) is 6.54 Å². The van der Waals surface area contributed by atoms with Crippen LogP contribution in [0.2, 0.25) is 0 Å². The largest absolute Gasteiger partial charge is 0.311 e. The first-order chi connectivity index (χ1) is 9.63. The van der Waals surface area contributed by atoms with Gasteiger partial charge in [-0.25, -0.2) is 4.39 Å². The van der Waals surface area contributed by atoms with E-state index in [1.807, 2.05) is 12.1 Å². The molecule has 0 bridgehead atoms. The molecule has 0 saturated carbocycles. The normalized spacial score (nSPS) is 24.0. The molecule has 0 spiro atoms. The van der Waals surface area contributed by atoms with Crippen molar-refractivity contribution < 1.29 is 4.39 Å². The van der Waals surface area contributed by atoms with Crippen LogP contribution in [0.1, 0.15) is 38.7 Å². The summed E-state index contributed by atoms with van der Waals surface area (Å²) in [7, 11) is 0. The zero-order valence-electron chi connectivity index (χ0n) is 12.3. The maximum absolute atomic E-state index is 13.3. The van der Waals surface area contributed by atoms with Gasteiger partial charge in [-0.1, -0.05) is 26.3 Å². The summed E-state index contributed by atoms with van der Waals surface area (Å²) in [5.74, 6) is -0.189. The highest BCUT2D eigenvalue weighted by Crippen LogP contribution is 2.21. The molecule has 0 radical (unpaired) electrons. The molecule has 1 saturated heterocycles. The van der Waals surface area contributed by atoms with Gasteiger partial charge in [0, 0.05) is 31.7 Å². The summed E-state index contributed by atoms with van der Waals surface area (Å²) < 4.78 is 13.9. The third kappa shape index (κ3) is 4.03. The Balaban J connectivity index is 2.07. The summed E-state index contributed by atoms with van der Waals surface area (Å²) >= 11 is 3.28. The fourth-order valence-corrected chi connectivity index (χ4v) is 3.31. The predicted molar refractivity (Wildman–Crippen MR) is 85.3 cm³/mol. The number of rotatable bonds is 5. The Bertz CT molecular complexity index is 438. The van der Waals surface area contributed by atoms with Crippen molar-refractivity contribution in [2.24, 2.45) is 0 Å². The molecular formula is C16H24BrFN2. The Hall–Kier alpha value is -0.450. The van der Waals surface area contributed by atoms with Crippen LogP contribution in [0.4, 0.5) is 4.39 Å². The van der Waals surface area contributed by atoms with E-state index in [4.69, 9.17) is 0 Å². The average molecular weight is 343 g/mol. The second-order valence-corrected chi connectivity index (χ2v) is 6.49. The molecular weight excluding hydrogens is 319 g/mol. The summed E-state index contributed by atoms with van der Waals surface area (Å²) in [5.41, 5.74) is 1.18. The molecule has 2 rings (SSSR count). The lowest BCUT2D eigenvalue weighted by Crippen LogP contribution is -2.55. The Morgan fingerprint density at radius 3 is 2.85 bits per heavy atom. The number of piperazine rings is 1. The monoisotopic (exact) mass is 342 g/mol. The van der Waals surface area contributed by atoms with Crippen LogP contribution in [0.15, 0.2) is 22.7 Å². The third-order valence-corrected chi connectivity index (χ3v) is 4.71. The molecule has 0 aromatic heterocycles. The van der Waals surface area contributed by atoms with Crippen molar-refractivity contribution in [3.8, 4) is 0 Å². The van der Waals surface area contributed by atoms with Crippen LogP contribution in [-0.4, -0.2) is 30.1 Å². The molecule has 1 aliphatic heterocycles. The maximum Gasteiger partial charge on any atom is 0.137 e. The Labute approximate surface area is 129 Å². The summed E-state index contributed by atoms with van der Waals surface area (Å²) in [6.07, 6.45) is 3.57. The van der Waals surface area contributed by atoms with E-state index >= 15 is 0 Å². The molecule has 4 heteroatoms. The average Bonchev–Trinajstić information content (AvgIpc) is 2.45. The number of nitrogens with zero attached hydrogens (tertiary/aromatic N) is 1. The maximum atomic E-state index is 13.3. The Morgan fingerprint density at radius 2 is 2.20 bits per heavy atom. The van der Waals surface area contributed by atoms with Crippen LogP contribution < -0.4 is 5.32 Å². The number of benzene rings is 1. The fourth-order valence-electron chi connectivity index (χ4n) is 2.89. The minimum absolute atomic E-state index is 0.189. The first-order valence-corrected chi connectivity index (χ1v) is 8.34. The number of halogens is 2. The minimum atomic E-state index is -0.189. The summed E-state index contributed by atoms with van der Waals surface area (Å²) in [6, 6.07) is 6.51. The smallest absolute Gasteiger partial charge is 0.137 e. The van der Waals surface area contributed by atoms with E-state index in [2.05, 4.69) is 40.0 Å². The molecule has 0 amide bonds. The summed E-state index contributed by atoms with van der Waals surface area (Å²) in [4.78, 5) is 2.55. The van der Waals surface area contributed by atoms with Crippen LogP contribution in [0.3, 0.4) is 0 Å². The molecule has 1 aliphatic rings. The molecule has 1 N–H and O–H groups in total. The molecule has 1 aromatic rings. The van der Waals surface area contributed by atoms with Gasteiger partial charge in [-0.3, -0.25) is 4.90 Å². The Kier molecular flexibility index (Phi) is 6.00. The lowest BCUT2D eigenvalue weighted by Gasteiger charge is -2.40. The second kappa shape index (κ2) is 7.53. The number of nitrogens with one attached hydrogen (secondary N) is 1. The molecule has 2 unspecified atom stereocenters.